The number of hydrogen-bond donors (Lipinski definition) is 1. The van der Waals surface area contributed by atoms with Crippen molar-refractivity contribution in [2.75, 3.05) is 26.3 Å². The largest absolute Gasteiger partial charge is 0.480 e. The summed E-state index contributed by atoms with van der Waals surface area (Å²) >= 11 is 0. The smallest absolute Gasteiger partial charge is 0.321 e. The molecule has 1 aromatic carbocycles. The van der Waals surface area contributed by atoms with Crippen molar-refractivity contribution in [3.8, 4) is 0 Å². The third kappa shape index (κ3) is 3.09. The van der Waals surface area contributed by atoms with Crippen molar-refractivity contribution in [2.45, 2.75) is 19.4 Å². The average Bonchev–Trinajstić information content (AvgIpc) is 2.38. The molecule has 0 saturated carbocycles. The van der Waals surface area contributed by atoms with Gasteiger partial charge < -0.3 is 9.84 Å². The quantitative estimate of drug-likeness (QED) is 0.874. The van der Waals surface area contributed by atoms with E-state index in [4.69, 9.17) is 4.74 Å². The van der Waals surface area contributed by atoms with E-state index in [2.05, 4.69) is 0 Å². The molecule has 1 aliphatic rings. The van der Waals surface area contributed by atoms with Crippen LogP contribution < -0.4 is 0 Å². The maximum absolute atomic E-state index is 11.4. The SMILES string of the molecule is Cc1ccccc1CC(C(=O)O)N1CCOCC1. The fourth-order valence-corrected chi connectivity index (χ4v) is 2.31. The summed E-state index contributed by atoms with van der Waals surface area (Å²) in [7, 11) is 0. The predicted molar refractivity (Wildman–Crippen MR) is 68.7 cm³/mol. The van der Waals surface area contributed by atoms with E-state index < -0.39 is 12.0 Å². The Morgan fingerprint density at radius 2 is 2.06 bits per heavy atom. The number of aliphatic carboxylic acids is 1. The van der Waals surface area contributed by atoms with Crippen LogP contribution in [0, 0.1) is 6.92 Å². The van der Waals surface area contributed by atoms with Gasteiger partial charge in [0.25, 0.3) is 0 Å². The fraction of sp³-hybridized carbons (Fsp3) is 0.500. The Balaban J connectivity index is 2.11. The zero-order valence-electron chi connectivity index (χ0n) is 10.6. The second-order valence-electron chi connectivity index (χ2n) is 4.63. The highest BCUT2D eigenvalue weighted by atomic mass is 16.5. The van der Waals surface area contributed by atoms with Crippen molar-refractivity contribution in [1.82, 2.24) is 4.90 Å². The molecule has 0 aliphatic carbocycles. The van der Waals surface area contributed by atoms with E-state index in [-0.39, 0.29) is 0 Å². The highest BCUT2D eigenvalue weighted by Gasteiger charge is 2.27. The number of carboxylic acid groups (broad SMARTS) is 1. The maximum Gasteiger partial charge on any atom is 0.321 e. The fourth-order valence-electron chi connectivity index (χ4n) is 2.31. The number of nitrogens with zero attached hydrogens (tertiary/aromatic N) is 1. The summed E-state index contributed by atoms with van der Waals surface area (Å²) in [4.78, 5) is 13.4. The van der Waals surface area contributed by atoms with Crippen LogP contribution in [-0.2, 0) is 16.0 Å². The molecule has 1 aliphatic heterocycles. The summed E-state index contributed by atoms with van der Waals surface area (Å²) in [5, 5.41) is 9.40. The molecule has 1 unspecified atom stereocenters. The summed E-state index contributed by atoms with van der Waals surface area (Å²) in [5.74, 6) is -0.750. The van der Waals surface area contributed by atoms with Gasteiger partial charge in [-0.2, -0.15) is 0 Å². The van der Waals surface area contributed by atoms with Crippen molar-refractivity contribution in [1.29, 1.82) is 0 Å². The molecule has 1 N–H and O–H groups in total. The highest BCUT2D eigenvalue weighted by molar-refractivity contribution is 5.74. The summed E-state index contributed by atoms with van der Waals surface area (Å²) < 4.78 is 5.27. The first kappa shape index (κ1) is 13.1. The molecule has 1 aromatic rings. The lowest BCUT2D eigenvalue weighted by molar-refractivity contribution is -0.145. The van der Waals surface area contributed by atoms with Crippen LogP contribution >= 0.6 is 0 Å². The van der Waals surface area contributed by atoms with Crippen molar-refractivity contribution < 1.29 is 14.6 Å². The molecule has 0 spiro atoms. The van der Waals surface area contributed by atoms with Gasteiger partial charge in [0.1, 0.15) is 6.04 Å². The predicted octanol–water partition coefficient (Wildman–Crippen LogP) is 1.32. The van der Waals surface area contributed by atoms with Crippen LogP contribution in [0.3, 0.4) is 0 Å². The number of carbonyl (C=O) groups is 1. The van der Waals surface area contributed by atoms with E-state index in [9.17, 15) is 9.90 Å². The number of carboxylic acids is 1. The third-order valence-electron chi connectivity index (χ3n) is 3.45. The summed E-state index contributed by atoms with van der Waals surface area (Å²) in [6, 6.07) is 7.51. The van der Waals surface area contributed by atoms with Crippen LogP contribution in [0.25, 0.3) is 0 Å². The van der Waals surface area contributed by atoms with Crippen molar-refractivity contribution in [3.05, 3.63) is 35.4 Å². The van der Waals surface area contributed by atoms with Crippen molar-refractivity contribution >= 4 is 5.97 Å². The number of aryl methyl sites for hydroxylation is 1. The van der Waals surface area contributed by atoms with Crippen LogP contribution in [0.1, 0.15) is 11.1 Å². The minimum Gasteiger partial charge on any atom is -0.480 e. The molecule has 0 aromatic heterocycles. The molecule has 0 bridgehead atoms. The van der Waals surface area contributed by atoms with Crippen LogP contribution in [0.2, 0.25) is 0 Å². The second kappa shape index (κ2) is 5.98. The third-order valence-corrected chi connectivity index (χ3v) is 3.45. The molecule has 4 heteroatoms. The minimum atomic E-state index is -0.750. The first-order valence-corrected chi connectivity index (χ1v) is 6.27. The zero-order valence-corrected chi connectivity index (χ0v) is 10.6. The van der Waals surface area contributed by atoms with Crippen LogP contribution in [0.5, 0.6) is 0 Å². The first-order valence-electron chi connectivity index (χ1n) is 6.27. The highest BCUT2D eigenvalue weighted by Crippen LogP contribution is 2.14. The number of morpholine rings is 1. The Hall–Kier alpha value is -1.39. The monoisotopic (exact) mass is 249 g/mol. The molecular weight excluding hydrogens is 230 g/mol. The van der Waals surface area contributed by atoms with Crippen LogP contribution in [0.4, 0.5) is 0 Å². The summed E-state index contributed by atoms with van der Waals surface area (Å²) in [5.41, 5.74) is 2.26. The molecule has 1 fully saturated rings. The molecule has 0 radical (unpaired) electrons. The molecule has 0 amide bonds. The Morgan fingerprint density at radius 1 is 1.39 bits per heavy atom. The molecule has 2 rings (SSSR count). The Kier molecular flexibility index (Phi) is 4.33. The Morgan fingerprint density at radius 3 is 2.67 bits per heavy atom. The van der Waals surface area contributed by atoms with Crippen LogP contribution in [0.15, 0.2) is 24.3 Å². The van der Waals surface area contributed by atoms with E-state index in [0.717, 1.165) is 11.1 Å². The van der Waals surface area contributed by atoms with Gasteiger partial charge in [-0.05, 0) is 24.5 Å². The molecular formula is C14H19NO3. The van der Waals surface area contributed by atoms with Gasteiger partial charge in [0.2, 0.25) is 0 Å². The van der Waals surface area contributed by atoms with Gasteiger partial charge in [-0.25, -0.2) is 0 Å². The van der Waals surface area contributed by atoms with Crippen LogP contribution in [-0.4, -0.2) is 48.3 Å². The molecule has 1 saturated heterocycles. The summed E-state index contributed by atoms with van der Waals surface area (Å²) in [6.07, 6.45) is 0.558. The van der Waals surface area contributed by atoms with Crippen molar-refractivity contribution in [3.63, 3.8) is 0 Å². The van der Waals surface area contributed by atoms with Gasteiger partial charge in [0.05, 0.1) is 13.2 Å². The molecule has 4 nitrogen and oxygen atoms in total. The van der Waals surface area contributed by atoms with Gasteiger partial charge in [0.15, 0.2) is 0 Å². The lowest BCUT2D eigenvalue weighted by atomic mass is 10.00. The standard InChI is InChI=1S/C14H19NO3/c1-11-4-2-3-5-12(11)10-13(14(16)17)15-6-8-18-9-7-15/h2-5,13H,6-10H2,1H3,(H,16,17). The number of hydrogen-bond acceptors (Lipinski definition) is 3. The number of rotatable bonds is 4. The lowest BCUT2D eigenvalue weighted by Gasteiger charge is -2.32. The van der Waals surface area contributed by atoms with E-state index in [1.54, 1.807) is 0 Å². The van der Waals surface area contributed by atoms with E-state index >= 15 is 0 Å². The van der Waals surface area contributed by atoms with Gasteiger partial charge >= 0.3 is 5.97 Å². The first-order chi connectivity index (χ1) is 8.68. The van der Waals surface area contributed by atoms with Crippen molar-refractivity contribution in [2.24, 2.45) is 0 Å². The topological polar surface area (TPSA) is 49.8 Å². The summed E-state index contributed by atoms with van der Waals surface area (Å²) in [6.45, 7) is 4.66. The van der Waals surface area contributed by atoms with Gasteiger partial charge in [-0.3, -0.25) is 9.69 Å². The number of benzene rings is 1. The molecule has 1 heterocycles. The van der Waals surface area contributed by atoms with E-state index in [1.807, 2.05) is 36.1 Å². The molecule has 18 heavy (non-hydrogen) atoms. The zero-order chi connectivity index (χ0) is 13.0. The van der Waals surface area contributed by atoms with Gasteiger partial charge in [-0.1, -0.05) is 24.3 Å². The van der Waals surface area contributed by atoms with E-state index in [1.165, 1.54) is 0 Å². The Bertz CT molecular complexity index is 413. The molecule has 1 atom stereocenters. The minimum absolute atomic E-state index is 0.449. The average molecular weight is 249 g/mol. The van der Waals surface area contributed by atoms with E-state index in [0.29, 0.717) is 32.7 Å². The Labute approximate surface area is 107 Å². The normalized spacial score (nSPS) is 18.5. The van der Waals surface area contributed by atoms with Gasteiger partial charge in [0, 0.05) is 13.1 Å². The number of ether oxygens (including phenoxy) is 1. The van der Waals surface area contributed by atoms with Gasteiger partial charge in [-0.15, -0.1) is 0 Å². The second-order valence-corrected chi connectivity index (χ2v) is 4.63. The maximum atomic E-state index is 11.4. The molecule has 98 valence electrons. The lowest BCUT2D eigenvalue weighted by Crippen LogP contribution is -2.48.